The van der Waals surface area contributed by atoms with Crippen LogP contribution in [0.15, 0.2) is 70.6 Å². The number of aromatic hydroxyl groups is 1. The van der Waals surface area contributed by atoms with E-state index in [0.29, 0.717) is 30.0 Å². The van der Waals surface area contributed by atoms with Crippen LogP contribution >= 0.6 is 0 Å². The van der Waals surface area contributed by atoms with E-state index in [0.717, 1.165) is 6.07 Å². The lowest BCUT2D eigenvalue weighted by molar-refractivity contribution is 0.102. The number of aromatic amines is 1. The second kappa shape index (κ2) is 9.65. The Morgan fingerprint density at radius 3 is 2.43 bits per heavy atom. The molecule has 2 aromatic heterocycles. The molecule has 0 atom stereocenters. The molecule has 2 heterocycles. The van der Waals surface area contributed by atoms with Gasteiger partial charge in [-0.1, -0.05) is 26.0 Å². The minimum absolute atomic E-state index is 0.0115. The van der Waals surface area contributed by atoms with E-state index in [1.54, 1.807) is 26.0 Å². The van der Waals surface area contributed by atoms with Gasteiger partial charge in [0.1, 0.15) is 5.75 Å². The molecule has 35 heavy (non-hydrogen) atoms. The van der Waals surface area contributed by atoms with Crippen LogP contribution in [0.5, 0.6) is 5.75 Å². The third kappa shape index (κ3) is 4.91. The fourth-order valence-electron chi connectivity index (χ4n) is 3.68. The summed E-state index contributed by atoms with van der Waals surface area (Å²) in [6.45, 7) is 4.08. The number of aromatic nitrogens is 3. The zero-order valence-electron chi connectivity index (χ0n) is 19.0. The van der Waals surface area contributed by atoms with E-state index in [4.69, 9.17) is 0 Å². The van der Waals surface area contributed by atoms with Crippen molar-refractivity contribution in [1.29, 1.82) is 0 Å². The number of anilines is 1. The number of fused-ring (bicyclic) bond motifs is 1. The number of hydrogen-bond donors (Lipinski definition) is 3. The van der Waals surface area contributed by atoms with E-state index in [9.17, 15) is 23.1 Å². The largest absolute Gasteiger partial charge is 0.508 e. The van der Waals surface area contributed by atoms with Crippen LogP contribution < -0.4 is 10.9 Å². The third-order valence-corrected chi connectivity index (χ3v) is 7.46. The smallest absolute Gasteiger partial charge is 0.256 e. The number of benzene rings is 2. The van der Waals surface area contributed by atoms with Gasteiger partial charge in [0.25, 0.3) is 5.91 Å². The second-order valence-corrected chi connectivity index (χ2v) is 9.58. The van der Waals surface area contributed by atoms with Crippen LogP contribution in [0.4, 0.5) is 5.69 Å². The number of sulfonamides is 1. The Balaban J connectivity index is 1.68. The molecule has 10 nitrogen and oxygen atoms in total. The van der Waals surface area contributed by atoms with E-state index < -0.39 is 21.5 Å². The number of amides is 1. The Labute approximate surface area is 201 Å². The monoisotopic (exact) mass is 493 g/mol. The number of carbonyl (C=O) groups excluding carboxylic acids is 1. The summed E-state index contributed by atoms with van der Waals surface area (Å²) >= 11 is 0. The first kappa shape index (κ1) is 24.0. The van der Waals surface area contributed by atoms with Crippen molar-refractivity contribution in [2.24, 2.45) is 0 Å². The number of carbonyl (C=O) groups is 1. The fourth-order valence-corrected chi connectivity index (χ4v) is 5.16. The van der Waals surface area contributed by atoms with Crippen molar-refractivity contribution in [3.63, 3.8) is 0 Å². The van der Waals surface area contributed by atoms with Crippen molar-refractivity contribution in [3.05, 3.63) is 76.8 Å². The van der Waals surface area contributed by atoms with Gasteiger partial charge < -0.3 is 15.4 Å². The van der Waals surface area contributed by atoms with Crippen molar-refractivity contribution >= 4 is 32.5 Å². The SMILES string of the molecule is CCN(CC)S(=O)(=O)c1ccc2[nH]c(=O)cc(C(=O)Nc3cnc(-c4cccc(O)c4)nc3)c2c1. The zero-order chi connectivity index (χ0) is 25.2. The first-order valence-electron chi connectivity index (χ1n) is 10.8. The molecule has 0 unspecified atom stereocenters. The average molecular weight is 494 g/mol. The second-order valence-electron chi connectivity index (χ2n) is 7.64. The van der Waals surface area contributed by atoms with Gasteiger partial charge in [-0.25, -0.2) is 18.4 Å². The predicted octanol–water partition coefficient (Wildman–Crippen LogP) is 2.97. The van der Waals surface area contributed by atoms with Gasteiger partial charge in [0.2, 0.25) is 15.6 Å². The topological polar surface area (TPSA) is 145 Å². The molecule has 3 N–H and O–H groups in total. The lowest BCUT2D eigenvalue weighted by atomic mass is 10.1. The van der Waals surface area contributed by atoms with Crippen LogP contribution in [0.2, 0.25) is 0 Å². The number of pyridine rings is 1. The molecule has 0 aliphatic rings. The number of hydrogen-bond acceptors (Lipinski definition) is 7. The van der Waals surface area contributed by atoms with Gasteiger partial charge >= 0.3 is 0 Å². The van der Waals surface area contributed by atoms with Gasteiger partial charge in [0.05, 0.1) is 28.5 Å². The zero-order valence-corrected chi connectivity index (χ0v) is 19.8. The predicted molar refractivity (Wildman–Crippen MR) is 132 cm³/mol. The van der Waals surface area contributed by atoms with Gasteiger partial charge in [-0.2, -0.15) is 4.31 Å². The van der Waals surface area contributed by atoms with Crippen LogP contribution in [-0.2, 0) is 10.0 Å². The van der Waals surface area contributed by atoms with Crippen molar-refractivity contribution in [1.82, 2.24) is 19.3 Å². The molecular formula is C24H23N5O5S. The third-order valence-electron chi connectivity index (χ3n) is 5.42. The van der Waals surface area contributed by atoms with E-state index in [1.807, 2.05) is 0 Å². The van der Waals surface area contributed by atoms with Crippen LogP contribution in [0.25, 0.3) is 22.3 Å². The highest BCUT2D eigenvalue weighted by Crippen LogP contribution is 2.24. The molecule has 0 spiro atoms. The van der Waals surface area contributed by atoms with Crippen molar-refractivity contribution in [3.8, 4) is 17.1 Å². The first-order valence-corrected chi connectivity index (χ1v) is 12.3. The summed E-state index contributed by atoms with van der Waals surface area (Å²) < 4.78 is 27.2. The summed E-state index contributed by atoms with van der Waals surface area (Å²) in [5, 5.41) is 12.6. The summed E-state index contributed by atoms with van der Waals surface area (Å²) in [5.41, 5.74) is 0.719. The van der Waals surface area contributed by atoms with Crippen molar-refractivity contribution in [2.75, 3.05) is 18.4 Å². The molecule has 11 heteroatoms. The molecule has 0 aliphatic carbocycles. The number of H-pyrrole nitrogens is 1. The average Bonchev–Trinajstić information content (AvgIpc) is 2.84. The summed E-state index contributed by atoms with van der Waals surface area (Å²) in [7, 11) is -3.77. The van der Waals surface area contributed by atoms with Gasteiger partial charge in [-0.05, 0) is 30.3 Å². The van der Waals surface area contributed by atoms with Gasteiger partial charge in [-0.3, -0.25) is 9.59 Å². The van der Waals surface area contributed by atoms with Crippen LogP contribution in [0, 0.1) is 0 Å². The molecule has 0 bridgehead atoms. The minimum atomic E-state index is -3.77. The van der Waals surface area contributed by atoms with Crippen LogP contribution in [0.3, 0.4) is 0 Å². The molecule has 0 radical (unpaired) electrons. The normalized spacial score (nSPS) is 11.6. The van der Waals surface area contributed by atoms with E-state index >= 15 is 0 Å². The Hall–Kier alpha value is -4.09. The Bertz CT molecular complexity index is 1560. The van der Waals surface area contributed by atoms with E-state index in [2.05, 4.69) is 20.3 Å². The van der Waals surface area contributed by atoms with Crippen molar-refractivity contribution < 1.29 is 18.3 Å². The lowest BCUT2D eigenvalue weighted by Crippen LogP contribution is -2.30. The highest BCUT2D eigenvalue weighted by atomic mass is 32.2. The first-order chi connectivity index (χ1) is 16.7. The number of phenols is 1. The molecule has 0 aliphatic heterocycles. The summed E-state index contributed by atoms with van der Waals surface area (Å²) in [6, 6.07) is 11.8. The lowest BCUT2D eigenvalue weighted by Gasteiger charge is -2.19. The quantitative estimate of drug-likeness (QED) is 0.359. The Kier molecular flexibility index (Phi) is 6.63. The highest BCUT2D eigenvalue weighted by Gasteiger charge is 2.23. The fraction of sp³-hybridized carbons (Fsp3) is 0.167. The van der Waals surface area contributed by atoms with E-state index in [-0.39, 0.29) is 27.3 Å². The van der Waals surface area contributed by atoms with Gasteiger partial charge in [-0.15, -0.1) is 0 Å². The van der Waals surface area contributed by atoms with Crippen LogP contribution in [0.1, 0.15) is 24.2 Å². The maximum atomic E-state index is 13.1. The van der Waals surface area contributed by atoms with Crippen molar-refractivity contribution in [2.45, 2.75) is 18.7 Å². The molecule has 0 fully saturated rings. The molecular weight excluding hydrogens is 470 g/mol. The number of nitrogens with zero attached hydrogens (tertiary/aromatic N) is 3. The molecule has 4 aromatic rings. The maximum Gasteiger partial charge on any atom is 0.256 e. The standard InChI is InChI=1S/C24H23N5O5S/c1-3-29(4-2)35(33,34)18-8-9-21-19(11-18)20(12-22(31)28-21)24(32)27-16-13-25-23(26-14-16)15-6-5-7-17(30)10-15/h5-14,30H,3-4H2,1-2H3,(H,27,32)(H,28,31). The number of phenolic OH excluding ortho intramolecular Hbond substituents is 1. The summed E-state index contributed by atoms with van der Waals surface area (Å²) in [5.74, 6) is -0.189. The number of nitrogens with one attached hydrogen (secondary N) is 2. The highest BCUT2D eigenvalue weighted by molar-refractivity contribution is 7.89. The summed E-state index contributed by atoms with van der Waals surface area (Å²) in [6.07, 6.45) is 2.80. The molecule has 0 saturated carbocycles. The molecule has 2 aromatic carbocycles. The molecule has 4 rings (SSSR count). The summed E-state index contributed by atoms with van der Waals surface area (Å²) in [4.78, 5) is 36.3. The van der Waals surface area contributed by atoms with E-state index in [1.165, 1.54) is 47.0 Å². The van der Waals surface area contributed by atoms with Gasteiger partial charge in [0, 0.05) is 35.6 Å². The maximum absolute atomic E-state index is 13.1. The molecule has 1 amide bonds. The molecule has 180 valence electrons. The van der Waals surface area contributed by atoms with Crippen LogP contribution in [-0.4, -0.2) is 51.8 Å². The molecule has 0 saturated heterocycles. The number of rotatable bonds is 7. The minimum Gasteiger partial charge on any atom is -0.508 e. The Morgan fingerprint density at radius 2 is 1.77 bits per heavy atom. The van der Waals surface area contributed by atoms with Gasteiger partial charge in [0.15, 0.2) is 5.82 Å². The Morgan fingerprint density at radius 1 is 1.06 bits per heavy atom.